The summed E-state index contributed by atoms with van der Waals surface area (Å²) >= 11 is 1.18. The molecule has 0 radical (unpaired) electrons. The van der Waals surface area contributed by atoms with Gasteiger partial charge >= 0.3 is 6.18 Å². The minimum absolute atomic E-state index is 0.332. The predicted molar refractivity (Wildman–Crippen MR) is 86.5 cm³/mol. The Bertz CT molecular complexity index is 824. The maximum absolute atomic E-state index is 12.6. The molecule has 3 N–H and O–H groups in total. The third-order valence-corrected chi connectivity index (χ3v) is 3.88. The fraction of sp³-hybridized carbons (Fsp3) is 0.143. The molecular formula is C14H11F3N4O4S. The zero-order chi connectivity index (χ0) is 19.3. The number of hydrogen-bond acceptors (Lipinski definition) is 6. The number of carbonyl (C=O) groups is 2. The maximum Gasteiger partial charge on any atom is 0.416 e. The maximum atomic E-state index is 12.6. The van der Waals surface area contributed by atoms with E-state index in [2.05, 4.69) is 16.2 Å². The van der Waals surface area contributed by atoms with Gasteiger partial charge in [0, 0.05) is 6.07 Å². The van der Waals surface area contributed by atoms with Crippen LogP contribution in [0.15, 0.2) is 35.7 Å². The number of alkyl halides is 3. The topological polar surface area (TPSA) is 113 Å². The number of halogens is 3. The predicted octanol–water partition coefficient (Wildman–Crippen LogP) is 2.55. The molecule has 0 saturated heterocycles. The molecule has 26 heavy (non-hydrogen) atoms. The van der Waals surface area contributed by atoms with Gasteiger partial charge < -0.3 is 5.32 Å². The lowest BCUT2D eigenvalue weighted by Crippen LogP contribution is -2.39. The lowest BCUT2D eigenvalue weighted by Gasteiger charge is -2.11. The van der Waals surface area contributed by atoms with Gasteiger partial charge in [0.05, 0.1) is 21.9 Å². The smallest absolute Gasteiger partial charge is 0.342 e. The van der Waals surface area contributed by atoms with E-state index in [1.54, 1.807) is 17.5 Å². The molecule has 12 heteroatoms. The number of nitrogens with one attached hydrogen (secondary N) is 3. The second-order valence-electron chi connectivity index (χ2n) is 4.82. The summed E-state index contributed by atoms with van der Waals surface area (Å²) in [6.07, 6.45) is -4.74. The fourth-order valence-corrected chi connectivity index (χ4v) is 2.44. The van der Waals surface area contributed by atoms with Crippen LogP contribution in [0.3, 0.4) is 0 Å². The largest absolute Gasteiger partial charge is 0.416 e. The van der Waals surface area contributed by atoms with Crippen LogP contribution in [0.2, 0.25) is 0 Å². The van der Waals surface area contributed by atoms with Crippen molar-refractivity contribution in [3.05, 3.63) is 56.3 Å². The zero-order valence-corrected chi connectivity index (χ0v) is 13.6. The number of rotatable bonds is 6. The standard InChI is InChI=1S/C14H11F3N4O4S/c15-14(16,17)8-3-4-9(10(6-8)21(24)25)19-20-12(22)7-18-13(23)11-2-1-5-26-11/h1-6,19H,7H2,(H,18,23)(H,20,22). The first-order valence-corrected chi connectivity index (χ1v) is 7.78. The van der Waals surface area contributed by atoms with Crippen molar-refractivity contribution < 1.29 is 27.7 Å². The van der Waals surface area contributed by atoms with E-state index in [1.807, 2.05) is 0 Å². The van der Waals surface area contributed by atoms with Crippen molar-refractivity contribution in [3.63, 3.8) is 0 Å². The average molecular weight is 388 g/mol. The quantitative estimate of drug-likeness (QED) is 0.520. The molecule has 0 saturated carbocycles. The van der Waals surface area contributed by atoms with Crippen LogP contribution in [0.4, 0.5) is 24.5 Å². The highest BCUT2D eigenvalue weighted by atomic mass is 32.1. The molecule has 1 heterocycles. The summed E-state index contributed by atoms with van der Waals surface area (Å²) in [7, 11) is 0. The molecule has 0 atom stereocenters. The van der Waals surface area contributed by atoms with Crippen LogP contribution in [0.1, 0.15) is 15.2 Å². The van der Waals surface area contributed by atoms with Crippen LogP contribution in [0.5, 0.6) is 0 Å². The highest BCUT2D eigenvalue weighted by molar-refractivity contribution is 7.12. The van der Waals surface area contributed by atoms with E-state index < -0.39 is 40.7 Å². The van der Waals surface area contributed by atoms with Crippen LogP contribution in [-0.2, 0) is 11.0 Å². The molecule has 0 aliphatic heterocycles. The number of anilines is 1. The van der Waals surface area contributed by atoms with Crippen molar-refractivity contribution >= 4 is 34.5 Å². The van der Waals surface area contributed by atoms with Crippen molar-refractivity contribution in [2.45, 2.75) is 6.18 Å². The van der Waals surface area contributed by atoms with Gasteiger partial charge in [-0.3, -0.25) is 30.6 Å². The first kappa shape index (κ1) is 19.2. The van der Waals surface area contributed by atoms with Crippen molar-refractivity contribution in [1.29, 1.82) is 0 Å². The fourth-order valence-electron chi connectivity index (χ4n) is 1.80. The van der Waals surface area contributed by atoms with Crippen molar-refractivity contribution in [2.24, 2.45) is 0 Å². The van der Waals surface area contributed by atoms with E-state index in [0.717, 1.165) is 6.07 Å². The summed E-state index contributed by atoms with van der Waals surface area (Å²) in [6, 6.07) is 5.03. The van der Waals surface area contributed by atoms with Gasteiger partial charge in [-0.05, 0) is 23.6 Å². The Labute approximate surface area is 148 Å². The molecule has 2 amide bonds. The van der Waals surface area contributed by atoms with Crippen molar-refractivity contribution in [3.8, 4) is 0 Å². The summed E-state index contributed by atoms with van der Waals surface area (Å²) in [5.41, 5.74) is 1.86. The van der Waals surface area contributed by atoms with Crippen molar-refractivity contribution in [2.75, 3.05) is 12.0 Å². The van der Waals surface area contributed by atoms with E-state index in [4.69, 9.17) is 0 Å². The minimum Gasteiger partial charge on any atom is -0.342 e. The summed E-state index contributed by atoms with van der Waals surface area (Å²) in [5.74, 6) is -1.22. The van der Waals surface area contributed by atoms with Crippen LogP contribution in [0, 0.1) is 10.1 Å². The van der Waals surface area contributed by atoms with Gasteiger partial charge in [-0.15, -0.1) is 11.3 Å². The van der Waals surface area contributed by atoms with Gasteiger partial charge in [-0.25, -0.2) is 0 Å². The zero-order valence-electron chi connectivity index (χ0n) is 12.8. The third-order valence-electron chi connectivity index (χ3n) is 3.01. The summed E-state index contributed by atoms with van der Waals surface area (Å²) in [4.78, 5) is 33.6. The Morgan fingerprint density at radius 2 is 1.96 bits per heavy atom. The lowest BCUT2D eigenvalue weighted by atomic mass is 10.1. The SMILES string of the molecule is O=C(CNC(=O)c1cccs1)NNc1ccc(C(F)(F)F)cc1[N+](=O)[O-]. The second kappa shape index (κ2) is 7.82. The number of thiophene rings is 1. The van der Waals surface area contributed by atoms with Gasteiger partial charge in [0.15, 0.2) is 0 Å². The normalized spacial score (nSPS) is 10.9. The van der Waals surface area contributed by atoms with Gasteiger partial charge in [-0.2, -0.15) is 13.2 Å². The first-order valence-electron chi connectivity index (χ1n) is 6.90. The van der Waals surface area contributed by atoms with E-state index in [1.165, 1.54) is 11.3 Å². The Hall–Kier alpha value is -3.15. The average Bonchev–Trinajstić information content (AvgIpc) is 3.11. The first-order chi connectivity index (χ1) is 12.2. The molecule has 0 spiro atoms. The van der Waals surface area contributed by atoms with Crippen molar-refractivity contribution in [1.82, 2.24) is 10.7 Å². The molecule has 8 nitrogen and oxygen atoms in total. The number of amides is 2. The van der Waals surface area contributed by atoms with Crippen LogP contribution >= 0.6 is 11.3 Å². The van der Waals surface area contributed by atoms with E-state index in [-0.39, 0.29) is 5.69 Å². The lowest BCUT2D eigenvalue weighted by molar-refractivity contribution is -0.384. The van der Waals surface area contributed by atoms with Crippen LogP contribution < -0.4 is 16.2 Å². The number of nitrogens with zero attached hydrogens (tertiary/aromatic N) is 1. The number of hydrazine groups is 1. The third kappa shape index (κ3) is 4.92. The van der Waals surface area contributed by atoms with Gasteiger partial charge in [0.1, 0.15) is 5.69 Å². The number of hydrogen-bond donors (Lipinski definition) is 3. The molecule has 1 aromatic carbocycles. The molecule has 138 valence electrons. The molecule has 0 unspecified atom stereocenters. The summed E-state index contributed by atoms with van der Waals surface area (Å²) < 4.78 is 37.9. The second-order valence-corrected chi connectivity index (χ2v) is 5.77. The van der Waals surface area contributed by atoms with Gasteiger partial charge in [0.25, 0.3) is 17.5 Å². The van der Waals surface area contributed by atoms with E-state index in [0.29, 0.717) is 17.0 Å². The number of nitro benzene ring substituents is 1. The Kier molecular flexibility index (Phi) is 5.77. The monoisotopic (exact) mass is 388 g/mol. The number of nitro groups is 1. The molecule has 0 bridgehead atoms. The van der Waals surface area contributed by atoms with E-state index in [9.17, 15) is 32.9 Å². The minimum atomic E-state index is -4.74. The summed E-state index contributed by atoms with van der Waals surface area (Å²) in [6.45, 7) is -0.432. The molecular weight excluding hydrogens is 377 g/mol. The van der Waals surface area contributed by atoms with Crippen LogP contribution in [0.25, 0.3) is 0 Å². The van der Waals surface area contributed by atoms with Gasteiger partial charge in [0.2, 0.25) is 0 Å². The highest BCUT2D eigenvalue weighted by Crippen LogP contribution is 2.34. The molecule has 1 aromatic heterocycles. The van der Waals surface area contributed by atoms with E-state index >= 15 is 0 Å². The molecule has 2 rings (SSSR count). The molecule has 0 aliphatic rings. The summed E-state index contributed by atoms with van der Waals surface area (Å²) in [5, 5.41) is 14.9. The Morgan fingerprint density at radius 1 is 1.23 bits per heavy atom. The number of benzene rings is 1. The Balaban J connectivity index is 1.96. The van der Waals surface area contributed by atoms with Gasteiger partial charge in [-0.1, -0.05) is 6.07 Å². The van der Waals surface area contributed by atoms with Crippen LogP contribution in [-0.4, -0.2) is 23.3 Å². The Morgan fingerprint density at radius 3 is 2.54 bits per heavy atom. The molecule has 0 aliphatic carbocycles. The number of carbonyl (C=O) groups excluding carboxylic acids is 2. The molecule has 2 aromatic rings. The molecule has 0 fully saturated rings. The highest BCUT2D eigenvalue weighted by Gasteiger charge is 2.33.